The lowest BCUT2D eigenvalue weighted by Crippen LogP contribution is -2.36. The Labute approximate surface area is 112 Å². The molecule has 104 valence electrons. The van der Waals surface area contributed by atoms with Gasteiger partial charge in [-0.15, -0.1) is 0 Å². The van der Waals surface area contributed by atoms with Gasteiger partial charge in [0.1, 0.15) is 11.7 Å². The summed E-state index contributed by atoms with van der Waals surface area (Å²) in [6.45, 7) is 2.05. The number of rotatable bonds is 6. The van der Waals surface area contributed by atoms with Crippen LogP contribution in [0.1, 0.15) is 18.9 Å². The van der Waals surface area contributed by atoms with Crippen molar-refractivity contribution >= 4 is 11.9 Å². The summed E-state index contributed by atoms with van der Waals surface area (Å²) in [5, 5.41) is 8.97. The second-order valence-electron chi connectivity index (χ2n) is 4.34. The first-order valence-electron chi connectivity index (χ1n) is 6.10. The van der Waals surface area contributed by atoms with E-state index < -0.39 is 11.9 Å². The van der Waals surface area contributed by atoms with Gasteiger partial charge in [0.15, 0.2) is 0 Å². The maximum Gasteiger partial charge on any atom is 0.316 e. The Bertz CT molecular complexity index is 459. The summed E-state index contributed by atoms with van der Waals surface area (Å²) >= 11 is 0. The van der Waals surface area contributed by atoms with Gasteiger partial charge in [0, 0.05) is 13.6 Å². The van der Waals surface area contributed by atoms with Crippen molar-refractivity contribution in [2.45, 2.75) is 19.9 Å². The van der Waals surface area contributed by atoms with E-state index in [2.05, 4.69) is 0 Å². The van der Waals surface area contributed by atoms with E-state index in [9.17, 15) is 9.59 Å². The van der Waals surface area contributed by atoms with Crippen LogP contribution in [0.15, 0.2) is 24.3 Å². The van der Waals surface area contributed by atoms with E-state index >= 15 is 0 Å². The second-order valence-corrected chi connectivity index (χ2v) is 4.34. The molecule has 5 nitrogen and oxygen atoms in total. The fourth-order valence-electron chi connectivity index (χ4n) is 1.84. The largest absolute Gasteiger partial charge is 0.497 e. The minimum absolute atomic E-state index is 0.288. The van der Waals surface area contributed by atoms with Gasteiger partial charge in [0.05, 0.1) is 7.11 Å². The van der Waals surface area contributed by atoms with Crippen LogP contribution in [0, 0.1) is 5.92 Å². The number of hydrogen-bond donors (Lipinski definition) is 1. The van der Waals surface area contributed by atoms with Crippen molar-refractivity contribution < 1.29 is 19.4 Å². The van der Waals surface area contributed by atoms with Gasteiger partial charge in [-0.25, -0.2) is 0 Å². The predicted octanol–water partition coefficient (Wildman–Crippen LogP) is 1.76. The SMILES string of the molecule is CCC(C(=O)O)C(=O)N(C)Cc1cccc(OC)c1. The third-order valence-corrected chi connectivity index (χ3v) is 2.93. The summed E-state index contributed by atoms with van der Waals surface area (Å²) in [6.07, 6.45) is 0.288. The lowest BCUT2D eigenvalue weighted by Gasteiger charge is -2.21. The molecule has 0 bridgehead atoms. The van der Waals surface area contributed by atoms with Crippen molar-refractivity contribution in [2.24, 2.45) is 5.92 Å². The first-order valence-corrected chi connectivity index (χ1v) is 6.10. The molecule has 5 heteroatoms. The zero-order valence-corrected chi connectivity index (χ0v) is 11.4. The molecule has 19 heavy (non-hydrogen) atoms. The molecule has 1 amide bonds. The molecule has 0 aliphatic rings. The van der Waals surface area contributed by atoms with E-state index in [0.29, 0.717) is 12.3 Å². The van der Waals surface area contributed by atoms with Crippen LogP contribution in [0.5, 0.6) is 5.75 Å². The van der Waals surface area contributed by atoms with E-state index in [1.54, 1.807) is 21.1 Å². The molecule has 0 aliphatic carbocycles. The normalized spacial score (nSPS) is 11.7. The lowest BCUT2D eigenvalue weighted by atomic mass is 10.1. The fourth-order valence-corrected chi connectivity index (χ4v) is 1.84. The van der Waals surface area contributed by atoms with Gasteiger partial charge in [0.25, 0.3) is 0 Å². The molecule has 1 aromatic carbocycles. The summed E-state index contributed by atoms with van der Waals surface area (Å²) in [4.78, 5) is 24.4. The van der Waals surface area contributed by atoms with Crippen LogP contribution in [0.25, 0.3) is 0 Å². The molecule has 1 rings (SSSR count). The average Bonchev–Trinajstić information content (AvgIpc) is 2.39. The van der Waals surface area contributed by atoms with Crippen molar-refractivity contribution in [1.29, 1.82) is 0 Å². The summed E-state index contributed by atoms with van der Waals surface area (Å²) in [7, 11) is 3.18. The number of carbonyl (C=O) groups is 2. The lowest BCUT2D eigenvalue weighted by molar-refractivity contribution is -0.150. The highest BCUT2D eigenvalue weighted by atomic mass is 16.5. The Kier molecular flexibility index (Phi) is 5.36. The Morgan fingerprint density at radius 1 is 1.42 bits per heavy atom. The third-order valence-electron chi connectivity index (χ3n) is 2.93. The summed E-state index contributed by atoms with van der Waals surface area (Å²) in [6, 6.07) is 7.35. The van der Waals surface area contributed by atoms with Crippen molar-refractivity contribution in [2.75, 3.05) is 14.2 Å². The van der Waals surface area contributed by atoms with Gasteiger partial charge in [-0.1, -0.05) is 19.1 Å². The van der Waals surface area contributed by atoms with E-state index in [4.69, 9.17) is 9.84 Å². The standard InChI is InChI=1S/C14H19NO4/c1-4-12(14(17)18)13(16)15(2)9-10-6-5-7-11(8-10)19-3/h5-8,12H,4,9H2,1-3H3,(H,17,18). The maximum absolute atomic E-state index is 12.0. The molecule has 0 radical (unpaired) electrons. The summed E-state index contributed by atoms with van der Waals surface area (Å²) in [5.74, 6) is -1.72. The first kappa shape index (κ1) is 15.0. The molecule has 0 saturated carbocycles. The Morgan fingerprint density at radius 3 is 2.63 bits per heavy atom. The van der Waals surface area contributed by atoms with Crippen LogP contribution in [0.3, 0.4) is 0 Å². The van der Waals surface area contributed by atoms with E-state index in [0.717, 1.165) is 5.56 Å². The summed E-state index contributed by atoms with van der Waals surface area (Å²) in [5.41, 5.74) is 0.899. The maximum atomic E-state index is 12.0. The molecule has 0 spiro atoms. The van der Waals surface area contributed by atoms with Crippen LogP contribution >= 0.6 is 0 Å². The second kappa shape index (κ2) is 6.78. The van der Waals surface area contributed by atoms with Crippen LogP contribution in [-0.4, -0.2) is 36.0 Å². The van der Waals surface area contributed by atoms with Gasteiger partial charge >= 0.3 is 5.97 Å². The van der Waals surface area contributed by atoms with Crippen LogP contribution in [0.2, 0.25) is 0 Å². The minimum Gasteiger partial charge on any atom is -0.497 e. The number of carboxylic acids is 1. The van der Waals surface area contributed by atoms with Gasteiger partial charge in [-0.05, 0) is 24.1 Å². The Hall–Kier alpha value is -2.04. The van der Waals surface area contributed by atoms with Gasteiger partial charge in [-0.2, -0.15) is 0 Å². The molecular formula is C14H19NO4. The van der Waals surface area contributed by atoms with Crippen molar-refractivity contribution in [3.8, 4) is 5.75 Å². The number of carbonyl (C=O) groups excluding carboxylic acids is 1. The van der Waals surface area contributed by atoms with E-state index in [1.807, 2.05) is 24.3 Å². The number of methoxy groups -OCH3 is 1. The highest BCUT2D eigenvalue weighted by Gasteiger charge is 2.27. The van der Waals surface area contributed by atoms with Crippen molar-refractivity contribution in [1.82, 2.24) is 4.90 Å². The smallest absolute Gasteiger partial charge is 0.316 e. The molecule has 1 atom stereocenters. The molecule has 0 aliphatic heterocycles. The highest BCUT2D eigenvalue weighted by molar-refractivity contribution is 5.96. The summed E-state index contributed by atoms with van der Waals surface area (Å²) < 4.78 is 5.11. The molecule has 0 saturated heterocycles. The third kappa shape index (κ3) is 3.98. The number of nitrogens with zero attached hydrogens (tertiary/aromatic N) is 1. The molecule has 0 heterocycles. The predicted molar refractivity (Wildman–Crippen MR) is 70.9 cm³/mol. The quantitative estimate of drug-likeness (QED) is 0.796. The van der Waals surface area contributed by atoms with Crippen LogP contribution < -0.4 is 4.74 Å². The zero-order chi connectivity index (χ0) is 14.4. The Balaban J connectivity index is 2.75. The van der Waals surface area contributed by atoms with Gasteiger partial charge < -0.3 is 14.7 Å². The number of amides is 1. The topological polar surface area (TPSA) is 66.8 Å². The number of carboxylic acid groups (broad SMARTS) is 1. The van der Waals surface area contributed by atoms with Crippen LogP contribution in [0.4, 0.5) is 0 Å². The number of aliphatic carboxylic acids is 1. The molecular weight excluding hydrogens is 246 g/mol. The van der Waals surface area contributed by atoms with E-state index in [1.165, 1.54) is 4.90 Å². The molecule has 1 unspecified atom stereocenters. The van der Waals surface area contributed by atoms with Crippen molar-refractivity contribution in [3.63, 3.8) is 0 Å². The first-order chi connectivity index (χ1) is 8.99. The number of ether oxygens (including phenoxy) is 1. The van der Waals surface area contributed by atoms with Gasteiger partial charge in [-0.3, -0.25) is 9.59 Å². The number of hydrogen-bond acceptors (Lipinski definition) is 3. The molecule has 0 aromatic heterocycles. The fraction of sp³-hybridized carbons (Fsp3) is 0.429. The Morgan fingerprint density at radius 2 is 2.11 bits per heavy atom. The molecule has 1 N–H and O–H groups in total. The zero-order valence-electron chi connectivity index (χ0n) is 11.4. The molecule has 1 aromatic rings. The van der Waals surface area contributed by atoms with Gasteiger partial charge in [0.2, 0.25) is 5.91 Å². The van der Waals surface area contributed by atoms with E-state index in [-0.39, 0.29) is 12.3 Å². The molecule has 0 fully saturated rings. The van der Waals surface area contributed by atoms with Crippen LogP contribution in [-0.2, 0) is 16.1 Å². The minimum atomic E-state index is -1.08. The average molecular weight is 265 g/mol. The number of benzene rings is 1. The van der Waals surface area contributed by atoms with Crippen molar-refractivity contribution in [3.05, 3.63) is 29.8 Å². The highest BCUT2D eigenvalue weighted by Crippen LogP contribution is 2.15. The monoisotopic (exact) mass is 265 g/mol.